The maximum absolute atomic E-state index is 12.9. The van der Waals surface area contributed by atoms with E-state index in [0.29, 0.717) is 12.1 Å². The molecule has 0 spiro atoms. The van der Waals surface area contributed by atoms with Crippen LogP contribution in [0.3, 0.4) is 0 Å². The molecule has 1 unspecified atom stereocenters. The summed E-state index contributed by atoms with van der Waals surface area (Å²) in [6.45, 7) is 1.32. The summed E-state index contributed by atoms with van der Waals surface area (Å²) in [4.78, 5) is 23.3. The van der Waals surface area contributed by atoms with Crippen molar-refractivity contribution in [1.29, 1.82) is 0 Å². The van der Waals surface area contributed by atoms with Crippen LogP contribution in [0.25, 0.3) is 0 Å². The highest BCUT2D eigenvalue weighted by Gasteiger charge is 2.18. The molecule has 0 aliphatic carbocycles. The quantitative estimate of drug-likeness (QED) is 0.836. The summed E-state index contributed by atoms with van der Waals surface area (Å²) >= 11 is 0. The van der Waals surface area contributed by atoms with Crippen molar-refractivity contribution in [1.82, 2.24) is 4.90 Å². The number of carboxylic acid groups (broad SMARTS) is 1. The van der Waals surface area contributed by atoms with Gasteiger partial charge in [-0.05, 0) is 0 Å². The topological polar surface area (TPSA) is 69.6 Å². The molecule has 1 rings (SSSR count). The van der Waals surface area contributed by atoms with Crippen LogP contribution in [-0.2, 0) is 4.79 Å². The maximum Gasteiger partial charge on any atom is 0.321 e. The van der Waals surface area contributed by atoms with Crippen molar-refractivity contribution in [3.63, 3.8) is 0 Å². The molecule has 2 N–H and O–H groups in total. The predicted molar refractivity (Wildman–Crippen MR) is 64.8 cm³/mol. The lowest BCUT2D eigenvalue weighted by Crippen LogP contribution is -2.36. The number of nitrogens with one attached hydrogen (secondary N) is 1. The highest BCUT2D eigenvalue weighted by molar-refractivity contribution is 5.89. The summed E-state index contributed by atoms with van der Waals surface area (Å²) in [7, 11) is 1.32. The number of benzene rings is 1. The zero-order valence-electron chi connectivity index (χ0n) is 10.8. The van der Waals surface area contributed by atoms with Gasteiger partial charge in [0, 0.05) is 31.4 Å². The zero-order valence-corrected chi connectivity index (χ0v) is 10.8. The first-order chi connectivity index (χ1) is 9.22. The molecule has 0 radical (unpaired) electrons. The van der Waals surface area contributed by atoms with Crippen LogP contribution in [0.5, 0.6) is 0 Å². The van der Waals surface area contributed by atoms with Gasteiger partial charge in [0.05, 0.1) is 5.92 Å². The molecule has 0 saturated carbocycles. The molecule has 0 aromatic heterocycles. The van der Waals surface area contributed by atoms with Gasteiger partial charge in [0.15, 0.2) is 17.5 Å². The van der Waals surface area contributed by atoms with Gasteiger partial charge in [-0.15, -0.1) is 0 Å². The van der Waals surface area contributed by atoms with Crippen molar-refractivity contribution in [2.75, 3.05) is 18.9 Å². The lowest BCUT2D eigenvalue weighted by Gasteiger charge is -2.20. The van der Waals surface area contributed by atoms with Gasteiger partial charge in [0.25, 0.3) is 0 Å². The first kappa shape index (κ1) is 15.8. The summed E-state index contributed by atoms with van der Waals surface area (Å²) in [6, 6.07) is 0.499. The van der Waals surface area contributed by atoms with Gasteiger partial charge in [-0.1, -0.05) is 6.92 Å². The predicted octanol–water partition coefficient (Wildman–Crippen LogP) is 2.29. The number of hydrogen-bond donors (Lipinski definition) is 2. The third-order valence-electron chi connectivity index (χ3n) is 2.55. The Morgan fingerprint density at radius 2 is 1.80 bits per heavy atom. The summed E-state index contributed by atoms with van der Waals surface area (Å²) in [6.07, 6.45) is 0. The van der Waals surface area contributed by atoms with Crippen LogP contribution in [0.4, 0.5) is 23.7 Å². The molecule has 0 saturated heterocycles. The monoisotopic (exact) mass is 290 g/mol. The Labute approximate surface area is 113 Å². The van der Waals surface area contributed by atoms with E-state index < -0.39 is 35.4 Å². The standard InChI is InChI=1S/C12H13F3N2O3/c1-6(11(18)19)5-17(2)12(20)16-7-3-8(13)10(15)9(14)4-7/h3-4,6H,5H2,1-2H3,(H,16,20)(H,18,19). The SMILES string of the molecule is CC(CN(C)C(=O)Nc1cc(F)c(F)c(F)c1)C(=O)O. The summed E-state index contributed by atoms with van der Waals surface area (Å²) in [5.74, 6) is -6.37. The van der Waals surface area contributed by atoms with E-state index in [1.165, 1.54) is 14.0 Å². The lowest BCUT2D eigenvalue weighted by atomic mass is 10.2. The second kappa shape index (κ2) is 6.27. The first-order valence-electron chi connectivity index (χ1n) is 5.61. The Morgan fingerprint density at radius 3 is 2.25 bits per heavy atom. The van der Waals surface area contributed by atoms with Crippen LogP contribution in [0, 0.1) is 23.4 Å². The fourth-order valence-corrected chi connectivity index (χ4v) is 1.42. The van der Waals surface area contributed by atoms with E-state index in [0.717, 1.165) is 4.90 Å². The molecule has 0 aliphatic rings. The van der Waals surface area contributed by atoms with E-state index in [2.05, 4.69) is 5.32 Å². The molecule has 1 atom stereocenters. The Bertz CT molecular complexity index is 514. The smallest absolute Gasteiger partial charge is 0.321 e. The fourth-order valence-electron chi connectivity index (χ4n) is 1.42. The minimum absolute atomic E-state index is 0.0900. The highest BCUT2D eigenvalue weighted by Crippen LogP contribution is 2.17. The van der Waals surface area contributed by atoms with Crippen molar-refractivity contribution in [2.45, 2.75) is 6.92 Å². The van der Waals surface area contributed by atoms with Gasteiger partial charge in [-0.3, -0.25) is 4.79 Å². The van der Waals surface area contributed by atoms with E-state index in [4.69, 9.17) is 5.11 Å². The number of rotatable bonds is 4. The molecule has 0 bridgehead atoms. The van der Waals surface area contributed by atoms with Crippen molar-refractivity contribution in [3.05, 3.63) is 29.6 Å². The number of hydrogen-bond acceptors (Lipinski definition) is 2. The van der Waals surface area contributed by atoms with Crippen LogP contribution >= 0.6 is 0 Å². The van der Waals surface area contributed by atoms with Crippen molar-refractivity contribution in [2.24, 2.45) is 5.92 Å². The molecule has 110 valence electrons. The second-order valence-corrected chi connectivity index (χ2v) is 4.30. The normalized spacial score (nSPS) is 11.8. The van der Waals surface area contributed by atoms with Crippen LogP contribution in [-0.4, -0.2) is 35.6 Å². The average molecular weight is 290 g/mol. The number of amides is 2. The molecule has 0 heterocycles. The van der Waals surface area contributed by atoms with Gasteiger partial charge in [-0.25, -0.2) is 18.0 Å². The Morgan fingerprint density at radius 1 is 1.30 bits per heavy atom. The van der Waals surface area contributed by atoms with Crippen molar-refractivity contribution >= 4 is 17.7 Å². The Kier molecular flexibility index (Phi) is 4.95. The van der Waals surface area contributed by atoms with E-state index in [9.17, 15) is 22.8 Å². The molecule has 0 fully saturated rings. The number of anilines is 1. The van der Waals surface area contributed by atoms with Gasteiger partial charge in [0.2, 0.25) is 0 Å². The minimum atomic E-state index is -1.63. The minimum Gasteiger partial charge on any atom is -0.481 e. The van der Waals surface area contributed by atoms with Crippen LogP contribution in [0.2, 0.25) is 0 Å². The van der Waals surface area contributed by atoms with E-state index in [1.807, 2.05) is 0 Å². The zero-order chi connectivity index (χ0) is 15.4. The molecule has 1 aromatic rings. The molecule has 0 aliphatic heterocycles. The Balaban J connectivity index is 2.73. The molecule has 5 nitrogen and oxygen atoms in total. The molecular formula is C12H13F3N2O3. The Hall–Kier alpha value is -2.25. The summed E-state index contributed by atoms with van der Waals surface area (Å²) in [5.41, 5.74) is -0.263. The van der Waals surface area contributed by atoms with Gasteiger partial charge < -0.3 is 15.3 Å². The fraction of sp³-hybridized carbons (Fsp3) is 0.333. The van der Waals surface area contributed by atoms with Gasteiger partial charge >= 0.3 is 12.0 Å². The van der Waals surface area contributed by atoms with Gasteiger partial charge in [0.1, 0.15) is 0 Å². The molecule has 1 aromatic carbocycles. The van der Waals surface area contributed by atoms with Crippen LogP contribution < -0.4 is 5.32 Å². The summed E-state index contributed by atoms with van der Waals surface area (Å²) in [5, 5.41) is 10.8. The number of carbonyl (C=O) groups is 2. The average Bonchev–Trinajstić information content (AvgIpc) is 2.35. The van der Waals surface area contributed by atoms with Crippen LogP contribution in [0.1, 0.15) is 6.92 Å². The molecular weight excluding hydrogens is 277 g/mol. The largest absolute Gasteiger partial charge is 0.481 e. The molecule has 20 heavy (non-hydrogen) atoms. The third kappa shape index (κ3) is 3.87. The molecule has 8 heteroatoms. The number of aliphatic carboxylic acids is 1. The van der Waals surface area contributed by atoms with Crippen molar-refractivity contribution < 1.29 is 27.9 Å². The number of nitrogens with zero attached hydrogens (tertiary/aromatic N) is 1. The number of halogens is 3. The summed E-state index contributed by atoms with van der Waals surface area (Å²) < 4.78 is 38.6. The van der Waals surface area contributed by atoms with Gasteiger partial charge in [-0.2, -0.15) is 0 Å². The maximum atomic E-state index is 12.9. The molecule has 2 amide bonds. The third-order valence-corrected chi connectivity index (χ3v) is 2.55. The van der Waals surface area contributed by atoms with E-state index in [-0.39, 0.29) is 12.2 Å². The van der Waals surface area contributed by atoms with Crippen LogP contribution in [0.15, 0.2) is 12.1 Å². The van der Waals surface area contributed by atoms with E-state index >= 15 is 0 Å². The van der Waals surface area contributed by atoms with E-state index in [1.54, 1.807) is 0 Å². The number of carboxylic acids is 1. The number of carbonyl (C=O) groups excluding carboxylic acids is 1. The lowest BCUT2D eigenvalue weighted by molar-refractivity contribution is -0.141. The second-order valence-electron chi connectivity index (χ2n) is 4.30. The first-order valence-corrected chi connectivity index (χ1v) is 5.61. The number of urea groups is 1. The van der Waals surface area contributed by atoms with Crippen molar-refractivity contribution in [3.8, 4) is 0 Å². The highest BCUT2D eigenvalue weighted by atomic mass is 19.2.